The Morgan fingerprint density at radius 3 is 2.85 bits per heavy atom. The van der Waals surface area contributed by atoms with E-state index in [0.29, 0.717) is 17.5 Å². The van der Waals surface area contributed by atoms with Crippen molar-refractivity contribution in [2.75, 3.05) is 0 Å². The van der Waals surface area contributed by atoms with Gasteiger partial charge in [0.1, 0.15) is 11.4 Å². The van der Waals surface area contributed by atoms with Crippen LogP contribution in [0.5, 0.6) is 0 Å². The minimum Gasteiger partial charge on any atom is -0.453 e. The van der Waals surface area contributed by atoms with Gasteiger partial charge in [0, 0.05) is 11.3 Å². The largest absolute Gasteiger partial charge is 0.453 e. The molecule has 0 radical (unpaired) electrons. The van der Waals surface area contributed by atoms with Crippen molar-refractivity contribution in [3.05, 3.63) is 36.2 Å². The Labute approximate surface area is 115 Å². The minimum absolute atomic E-state index is 0.0449. The van der Waals surface area contributed by atoms with Crippen LogP contribution in [-0.2, 0) is 11.2 Å². The summed E-state index contributed by atoms with van der Waals surface area (Å²) >= 11 is 0. The fourth-order valence-electron chi connectivity index (χ4n) is 1.87. The lowest BCUT2D eigenvalue weighted by Gasteiger charge is -1.98. The molecule has 0 aliphatic heterocycles. The quantitative estimate of drug-likeness (QED) is 0.727. The van der Waals surface area contributed by atoms with Crippen molar-refractivity contribution in [2.45, 2.75) is 20.3 Å². The molecule has 1 aromatic carbocycles. The molecule has 3 aromatic rings. The summed E-state index contributed by atoms with van der Waals surface area (Å²) in [6.45, 7) is 3.69. The molecule has 0 N–H and O–H groups in total. The van der Waals surface area contributed by atoms with Crippen LogP contribution >= 0.6 is 0 Å². The summed E-state index contributed by atoms with van der Waals surface area (Å²) in [5.74, 6) is 1.26. The van der Waals surface area contributed by atoms with Crippen LogP contribution in [0.3, 0.4) is 0 Å². The van der Waals surface area contributed by atoms with E-state index in [1.807, 2.05) is 44.2 Å². The lowest BCUT2D eigenvalue weighted by Crippen LogP contribution is -2.10. The second kappa shape index (κ2) is 4.92. The van der Waals surface area contributed by atoms with E-state index in [2.05, 4.69) is 10.1 Å². The van der Waals surface area contributed by atoms with Crippen LogP contribution in [0, 0.1) is 5.92 Å². The number of ketones is 1. The molecule has 2 aromatic heterocycles. The first kappa shape index (κ1) is 12.6. The third kappa shape index (κ3) is 2.34. The van der Waals surface area contributed by atoms with E-state index in [1.54, 1.807) is 0 Å². The topological polar surface area (TPSA) is 69.1 Å². The van der Waals surface area contributed by atoms with Gasteiger partial charge in [0.25, 0.3) is 0 Å². The van der Waals surface area contributed by atoms with Crippen molar-refractivity contribution < 1.29 is 13.7 Å². The number of hydrogen-bond donors (Lipinski definition) is 0. The van der Waals surface area contributed by atoms with Gasteiger partial charge in [-0.2, -0.15) is 4.98 Å². The molecule has 0 atom stereocenters. The summed E-state index contributed by atoms with van der Waals surface area (Å²) in [5.41, 5.74) is 0.770. The molecule has 0 spiro atoms. The maximum Gasteiger partial charge on any atom is 0.238 e. The van der Waals surface area contributed by atoms with Crippen LogP contribution < -0.4 is 0 Å². The molecule has 0 amide bonds. The number of Topliss-reactive ketones (excluding diaryl/α,β-unsaturated/α-hetero) is 1. The highest BCUT2D eigenvalue weighted by Gasteiger charge is 2.16. The Balaban J connectivity index is 1.87. The van der Waals surface area contributed by atoms with Gasteiger partial charge in [0.05, 0.1) is 6.42 Å². The van der Waals surface area contributed by atoms with E-state index in [0.717, 1.165) is 11.0 Å². The predicted octanol–water partition coefficient (Wildman–Crippen LogP) is 3.25. The number of furan rings is 1. The monoisotopic (exact) mass is 270 g/mol. The zero-order valence-electron chi connectivity index (χ0n) is 11.3. The number of benzene rings is 1. The van der Waals surface area contributed by atoms with Gasteiger partial charge in [0.2, 0.25) is 11.7 Å². The van der Waals surface area contributed by atoms with Gasteiger partial charge >= 0.3 is 0 Å². The number of para-hydroxylation sites is 1. The SMILES string of the molecule is CC(C)C(=O)Cc1nc(-c2cc3ccccc3o2)no1. The number of aromatic nitrogens is 2. The number of rotatable bonds is 4. The number of fused-ring (bicyclic) bond motifs is 1. The molecule has 0 aliphatic rings. The normalized spacial score (nSPS) is 11.3. The molecule has 0 fully saturated rings. The molecule has 20 heavy (non-hydrogen) atoms. The molecule has 5 nitrogen and oxygen atoms in total. The van der Waals surface area contributed by atoms with Crippen molar-refractivity contribution in [2.24, 2.45) is 5.92 Å². The van der Waals surface area contributed by atoms with Gasteiger partial charge in [-0.05, 0) is 12.1 Å². The van der Waals surface area contributed by atoms with Gasteiger partial charge in [-0.15, -0.1) is 0 Å². The molecule has 0 bridgehead atoms. The Morgan fingerprint density at radius 1 is 1.30 bits per heavy atom. The number of hydrogen-bond acceptors (Lipinski definition) is 5. The highest BCUT2D eigenvalue weighted by Crippen LogP contribution is 2.25. The fraction of sp³-hybridized carbons (Fsp3) is 0.267. The van der Waals surface area contributed by atoms with Crippen molar-refractivity contribution >= 4 is 16.8 Å². The smallest absolute Gasteiger partial charge is 0.238 e. The molecule has 0 aliphatic carbocycles. The standard InChI is InChI=1S/C15H14N2O3/c1-9(2)11(18)8-14-16-15(17-20-14)13-7-10-5-3-4-6-12(10)19-13/h3-7,9H,8H2,1-2H3. The van der Waals surface area contributed by atoms with Crippen LogP contribution in [0.25, 0.3) is 22.6 Å². The minimum atomic E-state index is -0.0449. The van der Waals surface area contributed by atoms with Crippen molar-refractivity contribution in [3.8, 4) is 11.6 Å². The first-order chi connectivity index (χ1) is 9.63. The highest BCUT2D eigenvalue weighted by atomic mass is 16.5. The third-order valence-corrected chi connectivity index (χ3v) is 3.08. The average Bonchev–Trinajstić information content (AvgIpc) is 3.03. The second-order valence-corrected chi connectivity index (χ2v) is 4.96. The van der Waals surface area contributed by atoms with Gasteiger partial charge in [-0.25, -0.2) is 0 Å². The summed E-state index contributed by atoms with van der Waals surface area (Å²) in [7, 11) is 0. The predicted molar refractivity (Wildman–Crippen MR) is 73.1 cm³/mol. The van der Waals surface area contributed by atoms with E-state index >= 15 is 0 Å². The Morgan fingerprint density at radius 2 is 2.10 bits per heavy atom. The summed E-state index contributed by atoms with van der Waals surface area (Å²) in [5, 5.41) is 4.84. The Kier molecular flexibility index (Phi) is 3.10. The average molecular weight is 270 g/mol. The van der Waals surface area contributed by atoms with E-state index in [-0.39, 0.29) is 18.1 Å². The van der Waals surface area contributed by atoms with E-state index in [1.165, 1.54) is 0 Å². The summed E-state index contributed by atoms with van der Waals surface area (Å²) < 4.78 is 10.7. The Hall–Kier alpha value is -2.43. The summed E-state index contributed by atoms with van der Waals surface area (Å²) in [6.07, 6.45) is 0.158. The highest BCUT2D eigenvalue weighted by molar-refractivity contribution is 5.82. The molecule has 5 heteroatoms. The fourth-order valence-corrected chi connectivity index (χ4v) is 1.87. The number of carbonyl (C=O) groups is 1. The molecule has 0 saturated carbocycles. The summed E-state index contributed by atoms with van der Waals surface area (Å²) in [4.78, 5) is 15.9. The lowest BCUT2D eigenvalue weighted by molar-refractivity contribution is -0.121. The third-order valence-electron chi connectivity index (χ3n) is 3.08. The van der Waals surface area contributed by atoms with Crippen molar-refractivity contribution in [1.82, 2.24) is 10.1 Å². The van der Waals surface area contributed by atoms with Gasteiger partial charge in [0.15, 0.2) is 5.76 Å². The second-order valence-electron chi connectivity index (χ2n) is 4.96. The molecular formula is C15H14N2O3. The van der Waals surface area contributed by atoms with Crippen LogP contribution in [0.2, 0.25) is 0 Å². The van der Waals surface area contributed by atoms with E-state index < -0.39 is 0 Å². The maximum atomic E-state index is 11.6. The van der Waals surface area contributed by atoms with Crippen LogP contribution in [0.4, 0.5) is 0 Å². The Bertz CT molecular complexity index is 722. The molecule has 2 heterocycles. The van der Waals surface area contributed by atoms with Crippen LogP contribution in [-0.4, -0.2) is 15.9 Å². The first-order valence-corrected chi connectivity index (χ1v) is 6.48. The van der Waals surface area contributed by atoms with Gasteiger partial charge in [-0.3, -0.25) is 4.79 Å². The van der Waals surface area contributed by atoms with Crippen LogP contribution in [0.1, 0.15) is 19.7 Å². The van der Waals surface area contributed by atoms with Crippen LogP contribution in [0.15, 0.2) is 39.3 Å². The van der Waals surface area contributed by atoms with Crippen molar-refractivity contribution in [3.63, 3.8) is 0 Å². The van der Waals surface area contributed by atoms with Gasteiger partial charge < -0.3 is 8.94 Å². The first-order valence-electron chi connectivity index (χ1n) is 6.48. The van der Waals surface area contributed by atoms with E-state index in [9.17, 15) is 4.79 Å². The van der Waals surface area contributed by atoms with E-state index in [4.69, 9.17) is 8.94 Å². The zero-order chi connectivity index (χ0) is 14.1. The molecule has 102 valence electrons. The molecule has 0 saturated heterocycles. The molecular weight excluding hydrogens is 256 g/mol. The van der Waals surface area contributed by atoms with Gasteiger partial charge in [-0.1, -0.05) is 37.2 Å². The lowest BCUT2D eigenvalue weighted by atomic mass is 10.1. The number of carbonyl (C=O) groups excluding carboxylic acids is 1. The molecule has 0 unspecified atom stereocenters. The summed E-state index contributed by atoms with van der Waals surface area (Å²) in [6, 6.07) is 9.52. The van der Waals surface area contributed by atoms with Crippen molar-refractivity contribution in [1.29, 1.82) is 0 Å². The molecule has 3 rings (SSSR count). The maximum absolute atomic E-state index is 11.6. The zero-order valence-corrected chi connectivity index (χ0v) is 11.3. The number of nitrogens with zero attached hydrogens (tertiary/aromatic N) is 2.